The van der Waals surface area contributed by atoms with Crippen LogP contribution in [-0.2, 0) is 52.2 Å². The molecule has 0 aromatic rings. The van der Waals surface area contributed by atoms with Crippen LogP contribution in [0.1, 0.15) is 149 Å². The molecule has 0 aliphatic carbocycles. The fourth-order valence-electron chi connectivity index (χ4n) is 5.61. The van der Waals surface area contributed by atoms with E-state index in [1.807, 2.05) is 6.92 Å². The lowest BCUT2D eigenvalue weighted by Crippen LogP contribution is -2.20. The summed E-state index contributed by atoms with van der Waals surface area (Å²) in [7, 11) is 0. The van der Waals surface area contributed by atoms with Crippen LogP contribution in [0.5, 0.6) is 0 Å². The zero-order valence-corrected chi connectivity index (χ0v) is 34.5. The van der Waals surface area contributed by atoms with E-state index in [1.54, 1.807) is 0 Å². The lowest BCUT2D eigenvalue weighted by atomic mass is 10.00. The van der Waals surface area contributed by atoms with Gasteiger partial charge in [0.15, 0.2) is 0 Å². The van der Waals surface area contributed by atoms with E-state index < -0.39 is 0 Å². The van der Waals surface area contributed by atoms with Crippen molar-refractivity contribution < 1.29 is 52.2 Å². The van der Waals surface area contributed by atoms with Gasteiger partial charge in [-0.05, 0) is 19.3 Å². The highest BCUT2D eigenvalue weighted by Gasteiger charge is 2.17. The lowest BCUT2D eigenvalue weighted by molar-refractivity contribution is -0.150. The number of hydrogen-bond acceptors (Lipinski definition) is 11. The Morgan fingerprint density at radius 2 is 0.660 bits per heavy atom. The number of esters is 2. The molecule has 0 aliphatic rings. The van der Waals surface area contributed by atoms with E-state index in [9.17, 15) is 9.59 Å². The van der Waals surface area contributed by atoms with Crippen molar-refractivity contribution in [1.29, 1.82) is 0 Å². The molecule has 0 aromatic carbocycles. The summed E-state index contributed by atoms with van der Waals surface area (Å²) >= 11 is 0. The van der Waals surface area contributed by atoms with Gasteiger partial charge in [-0.1, -0.05) is 124 Å². The Morgan fingerprint density at radius 3 is 1.00 bits per heavy atom. The van der Waals surface area contributed by atoms with Crippen molar-refractivity contribution in [3.63, 3.8) is 0 Å². The van der Waals surface area contributed by atoms with Gasteiger partial charge in [0.2, 0.25) is 0 Å². The van der Waals surface area contributed by atoms with Crippen molar-refractivity contribution in [1.82, 2.24) is 0 Å². The highest BCUT2D eigenvalue weighted by Crippen LogP contribution is 2.15. The molecule has 53 heavy (non-hydrogen) atoms. The molecule has 0 radical (unpaired) electrons. The first-order valence-corrected chi connectivity index (χ1v) is 21.5. The summed E-state index contributed by atoms with van der Waals surface area (Å²) in [5, 5.41) is 0. The van der Waals surface area contributed by atoms with Crippen molar-refractivity contribution in [2.45, 2.75) is 149 Å². The van der Waals surface area contributed by atoms with Crippen molar-refractivity contribution in [3.05, 3.63) is 0 Å². The number of ether oxygens (including phenoxy) is 9. The predicted molar refractivity (Wildman–Crippen MR) is 211 cm³/mol. The Morgan fingerprint density at radius 1 is 0.358 bits per heavy atom. The van der Waals surface area contributed by atoms with E-state index in [-0.39, 0.29) is 31.1 Å². The molecule has 0 spiro atoms. The van der Waals surface area contributed by atoms with Crippen LogP contribution in [0.2, 0.25) is 0 Å². The van der Waals surface area contributed by atoms with Crippen LogP contribution in [0.25, 0.3) is 0 Å². The first-order valence-electron chi connectivity index (χ1n) is 21.5. The number of unbranched alkanes of at least 4 members (excludes halogenated alkanes) is 15. The number of carbonyl (C=O) groups excluding carboxylic acids is 2. The van der Waals surface area contributed by atoms with Gasteiger partial charge in [-0.15, -0.1) is 0 Å². The average Bonchev–Trinajstić information content (AvgIpc) is 3.16. The third kappa shape index (κ3) is 41.7. The second-order valence-corrected chi connectivity index (χ2v) is 13.6. The molecule has 0 N–H and O–H groups in total. The SMILES string of the molecule is CCCCCCCCCCCCCCCCCC(=O)OCCOCCOCCOCCOCCOCCOCCOCCOC(=O)C(CC)CCCC. The molecule has 0 saturated heterocycles. The Labute approximate surface area is 324 Å². The van der Waals surface area contributed by atoms with Crippen molar-refractivity contribution >= 4 is 11.9 Å². The highest BCUT2D eigenvalue weighted by atomic mass is 16.6. The fraction of sp³-hybridized carbons (Fsp3) is 0.952. The summed E-state index contributed by atoms with van der Waals surface area (Å²) in [4.78, 5) is 23.9. The normalized spacial score (nSPS) is 12.0. The van der Waals surface area contributed by atoms with E-state index in [0.717, 1.165) is 38.5 Å². The second kappa shape index (κ2) is 45.1. The molecule has 0 fully saturated rings. The van der Waals surface area contributed by atoms with E-state index in [0.29, 0.717) is 98.9 Å². The monoisotopic (exact) mass is 763 g/mol. The second-order valence-electron chi connectivity index (χ2n) is 13.6. The maximum absolute atomic E-state index is 12.0. The molecule has 316 valence electrons. The van der Waals surface area contributed by atoms with Gasteiger partial charge in [-0.3, -0.25) is 9.59 Å². The van der Waals surface area contributed by atoms with Crippen molar-refractivity contribution in [2.24, 2.45) is 5.92 Å². The average molecular weight is 763 g/mol. The first kappa shape index (κ1) is 51.7. The zero-order valence-electron chi connectivity index (χ0n) is 34.5. The molecular formula is C42H82O11. The summed E-state index contributed by atoms with van der Waals surface area (Å²) in [6.45, 7) is 13.5. The summed E-state index contributed by atoms with van der Waals surface area (Å²) in [5.74, 6) is -0.255. The summed E-state index contributed by atoms with van der Waals surface area (Å²) in [6.07, 6.45) is 24.0. The van der Waals surface area contributed by atoms with Crippen molar-refractivity contribution in [2.75, 3.05) is 106 Å². The third-order valence-electron chi connectivity index (χ3n) is 8.91. The minimum atomic E-state index is -0.131. The molecule has 0 aliphatic heterocycles. The maximum atomic E-state index is 12.0. The van der Waals surface area contributed by atoms with Crippen LogP contribution in [-0.4, -0.2) is 118 Å². The first-order chi connectivity index (χ1) is 26.2. The van der Waals surface area contributed by atoms with Crippen LogP contribution < -0.4 is 0 Å². The van der Waals surface area contributed by atoms with Gasteiger partial charge >= 0.3 is 11.9 Å². The molecule has 11 nitrogen and oxygen atoms in total. The van der Waals surface area contributed by atoms with Crippen LogP contribution in [0, 0.1) is 5.92 Å². The van der Waals surface area contributed by atoms with E-state index in [4.69, 9.17) is 42.6 Å². The molecule has 11 heteroatoms. The number of carbonyl (C=O) groups is 2. The Bertz CT molecular complexity index is 740. The molecule has 0 bridgehead atoms. The van der Waals surface area contributed by atoms with Gasteiger partial charge in [-0.2, -0.15) is 0 Å². The van der Waals surface area contributed by atoms with Crippen molar-refractivity contribution in [3.8, 4) is 0 Å². The lowest BCUT2D eigenvalue weighted by Gasteiger charge is -2.13. The van der Waals surface area contributed by atoms with E-state index in [1.165, 1.54) is 83.5 Å². The van der Waals surface area contributed by atoms with Gasteiger partial charge in [-0.25, -0.2) is 0 Å². The molecule has 0 saturated carbocycles. The molecule has 0 aromatic heterocycles. The quantitative estimate of drug-likeness (QED) is 0.0438. The van der Waals surface area contributed by atoms with Gasteiger partial charge < -0.3 is 42.6 Å². The molecule has 0 heterocycles. The topological polar surface area (TPSA) is 117 Å². The van der Waals surface area contributed by atoms with E-state index >= 15 is 0 Å². The fourth-order valence-corrected chi connectivity index (χ4v) is 5.61. The summed E-state index contributed by atoms with van der Waals surface area (Å²) in [6, 6.07) is 0. The Hall–Kier alpha value is -1.34. The molecule has 0 amide bonds. The zero-order chi connectivity index (χ0) is 38.6. The van der Waals surface area contributed by atoms with Gasteiger partial charge in [0.1, 0.15) is 13.2 Å². The number of hydrogen-bond donors (Lipinski definition) is 0. The molecule has 0 rings (SSSR count). The minimum Gasteiger partial charge on any atom is -0.463 e. The minimum absolute atomic E-state index is 0.00417. The van der Waals surface area contributed by atoms with Crippen LogP contribution in [0.15, 0.2) is 0 Å². The van der Waals surface area contributed by atoms with Gasteiger partial charge in [0.05, 0.1) is 98.4 Å². The Kier molecular flexibility index (Phi) is 43.9. The molecular weight excluding hydrogens is 680 g/mol. The van der Waals surface area contributed by atoms with Crippen LogP contribution in [0.4, 0.5) is 0 Å². The largest absolute Gasteiger partial charge is 0.463 e. The third-order valence-corrected chi connectivity index (χ3v) is 8.91. The summed E-state index contributed by atoms with van der Waals surface area (Å²) in [5.41, 5.74) is 0. The smallest absolute Gasteiger partial charge is 0.308 e. The predicted octanol–water partition coefficient (Wildman–Crippen LogP) is 8.67. The molecule has 1 unspecified atom stereocenters. The number of rotatable bonds is 45. The molecule has 1 atom stereocenters. The van der Waals surface area contributed by atoms with Crippen LogP contribution in [0.3, 0.4) is 0 Å². The summed E-state index contributed by atoms with van der Waals surface area (Å²) < 4.78 is 49.0. The van der Waals surface area contributed by atoms with E-state index in [2.05, 4.69) is 13.8 Å². The maximum Gasteiger partial charge on any atom is 0.308 e. The van der Waals surface area contributed by atoms with Gasteiger partial charge in [0, 0.05) is 6.42 Å². The van der Waals surface area contributed by atoms with Gasteiger partial charge in [0.25, 0.3) is 0 Å². The standard InChI is InChI=1S/C42H82O11/c1-4-7-9-10-11-12-13-14-15-16-17-18-19-20-21-23-41(43)52-38-36-50-34-32-48-30-28-46-26-24-45-25-27-47-29-31-49-33-35-51-37-39-53-42(44)40(6-3)22-8-5-2/h40H,4-39H2,1-3H3. The Balaban J connectivity index is 3.21. The highest BCUT2D eigenvalue weighted by molar-refractivity contribution is 5.72. The van der Waals surface area contributed by atoms with Crippen LogP contribution >= 0.6 is 0 Å².